The van der Waals surface area contributed by atoms with Gasteiger partial charge in [0.1, 0.15) is 0 Å². The van der Waals surface area contributed by atoms with Crippen molar-refractivity contribution in [3.8, 4) is 0 Å². The lowest BCUT2D eigenvalue weighted by Crippen LogP contribution is -2.46. The molecule has 1 amide bonds. The Morgan fingerprint density at radius 1 is 1.04 bits per heavy atom. The van der Waals surface area contributed by atoms with Gasteiger partial charge in [0, 0.05) is 24.7 Å². The molecule has 1 N–H and O–H groups in total. The largest absolute Gasteiger partial charge is 0.339 e. The van der Waals surface area contributed by atoms with Gasteiger partial charge in [-0.25, -0.2) is 13.1 Å². The number of aryl methyl sites for hydroxylation is 1. The highest BCUT2D eigenvalue weighted by molar-refractivity contribution is 7.89. The molecule has 0 aromatic heterocycles. The summed E-state index contributed by atoms with van der Waals surface area (Å²) < 4.78 is 27.5. The Morgan fingerprint density at radius 3 is 2.36 bits per heavy atom. The zero-order chi connectivity index (χ0) is 17.9. The summed E-state index contributed by atoms with van der Waals surface area (Å²) in [5.74, 6) is 0.00747. The minimum absolute atomic E-state index is 0.00747. The van der Waals surface area contributed by atoms with Gasteiger partial charge in [0.2, 0.25) is 10.0 Å². The molecular weight excluding hydrogens is 336 g/mol. The van der Waals surface area contributed by atoms with Crippen LogP contribution in [0.3, 0.4) is 0 Å². The van der Waals surface area contributed by atoms with Crippen molar-refractivity contribution in [2.24, 2.45) is 0 Å². The smallest absolute Gasteiger partial charge is 0.253 e. The lowest BCUT2D eigenvalue weighted by atomic mass is 10.0. The molecule has 2 aromatic carbocycles. The van der Waals surface area contributed by atoms with Crippen LogP contribution in [0.4, 0.5) is 0 Å². The molecular formula is C19H22N2O3S. The molecule has 1 aliphatic heterocycles. The molecule has 0 radical (unpaired) electrons. The maximum absolute atomic E-state index is 12.6. The lowest BCUT2D eigenvalue weighted by Gasteiger charge is -2.32. The van der Waals surface area contributed by atoms with Gasteiger partial charge >= 0.3 is 0 Å². The predicted molar refractivity (Wildman–Crippen MR) is 96.9 cm³/mol. The number of hydrogen-bond acceptors (Lipinski definition) is 3. The fraction of sp³-hybridized carbons (Fsp3) is 0.316. The number of amides is 1. The van der Waals surface area contributed by atoms with Crippen molar-refractivity contribution >= 4 is 15.9 Å². The molecule has 6 heteroatoms. The maximum Gasteiger partial charge on any atom is 0.253 e. The van der Waals surface area contributed by atoms with Crippen LogP contribution in [0.15, 0.2) is 59.5 Å². The van der Waals surface area contributed by atoms with Crippen LogP contribution in [0, 0.1) is 6.92 Å². The van der Waals surface area contributed by atoms with E-state index in [1.54, 1.807) is 35.2 Å². The number of sulfonamides is 1. The van der Waals surface area contributed by atoms with E-state index in [9.17, 15) is 13.2 Å². The van der Waals surface area contributed by atoms with E-state index >= 15 is 0 Å². The van der Waals surface area contributed by atoms with Crippen molar-refractivity contribution in [2.45, 2.75) is 30.7 Å². The molecule has 1 saturated heterocycles. The highest BCUT2D eigenvalue weighted by atomic mass is 32.2. The second-order valence-electron chi connectivity index (χ2n) is 6.37. The topological polar surface area (TPSA) is 66.5 Å². The number of hydrogen-bond donors (Lipinski definition) is 1. The molecule has 3 rings (SSSR count). The Kier molecular flexibility index (Phi) is 5.20. The molecule has 0 bridgehead atoms. The first-order valence-corrected chi connectivity index (χ1v) is 9.87. The van der Waals surface area contributed by atoms with Crippen LogP contribution in [0.2, 0.25) is 0 Å². The fourth-order valence-corrected chi connectivity index (χ4v) is 4.37. The fourth-order valence-electron chi connectivity index (χ4n) is 3.05. The van der Waals surface area contributed by atoms with Gasteiger partial charge < -0.3 is 4.90 Å². The SMILES string of the molecule is Cc1cccc(C(=O)N2CCC(NS(=O)(=O)c3ccccc3)CC2)c1. The van der Waals surface area contributed by atoms with Crippen LogP contribution in [0.5, 0.6) is 0 Å². The van der Waals surface area contributed by atoms with Gasteiger partial charge in [0.05, 0.1) is 4.90 Å². The molecule has 1 heterocycles. The van der Waals surface area contributed by atoms with Crippen molar-refractivity contribution in [2.75, 3.05) is 13.1 Å². The van der Waals surface area contributed by atoms with E-state index in [0.29, 0.717) is 31.5 Å². The van der Waals surface area contributed by atoms with E-state index < -0.39 is 10.0 Å². The first-order valence-electron chi connectivity index (χ1n) is 8.39. The minimum atomic E-state index is -3.51. The van der Waals surface area contributed by atoms with E-state index in [1.165, 1.54) is 0 Å². The van der Waals surface area contributed by atoms with Crippen LogP contribution < -0.4 is 4.72 Å². The number of piperidine rings is 1. The average molecular weight is 358 g/mol. The number of likely N-dealkylation sites (tertiary alicyclic amines) is 1. The molecule has 5 nitrogen and oxygen atoms in total. The number of nitrogens with one attached hydrogen (secondary N) is 1. The van der Waals surface area contributed by atoms with Crippen LogP contribution in [0.1, 0.15) is 28.8 Å². The Hall–Kier alpha value is -2.18. The second kappa shape index (κ2) is 7.37. The number of benzene rings is 2. The normalized spacial score (nSPS) is 16.0. The van der Waals surface area contributed by atoms with Gasteiger partial charge in [-0.15, -0.1) is 0 Å². The molecule has 132 valence electrons. The van der Waals surface area contributed by atoms with Crippen LogP contribution in [-0.4, -0.2) is 38.4 Å². The monoisotopic (exact) mass is 358 g/mol. The van der Waals surface area contributed by atoms with Gasteiger partial charge in [0.25, 0.3) is 5.91 Å². The number of nitrogens with zero attached hydrogens (tertiary/aromatic N) is 1. The Morgan fingerprint density at radius 2 is 1.72 bits per heavy atom. The van der Waals surface area contributed by atoms with Crippen molar-refractivity contribution in [1.29, 1.82) is 0 Å². The summed E-state index contributed by atoms with van der Waals surface area (Å²) in [6.45, 7) is 3.06. The number of rotatable bonds is 4. The van der Waals surface area contributed by atoms with Crippen LogP contribution in [0.25, 0.3) is 0 Å². The standard InChI is InChI=1S/C19H22N2O3S/c1-15-6-5-7-16(14-15)19(22)21-12-10-17(11-13-21)20-25(23,24)18-8-3-2-4-9-18/h2-9,14,17,20H,10-13H2,1H3. The summed E-state index contributed by atoms with van der Waals surface area (Å²) in [5.41, 5.74) is 1.74. The summed E-state index contributed by atoms with van der Waals surface area (Å²) in [5, 5.41) is 0. The Bertz CT molecular complexity index is 842. The number of carbonyl (C=O) groups excluding carboxylic acids is 1. The van der Waals surface area contributed by atoms with E-state index in [1.807, 2.05) is 31.2 Å². The molecule has 1 aliphatic rings. The molecule has 25 heavy (non-hydrogen) atoms. The van der Waals surface area contributed by atoms with Crippen molar-refractivity contribution in [3.63, 3.8) is 0 Å². The first-order chi connectivity index (χ1) is 12.0. The van der Waals surface area contributed by atoms with Gasteiger partial charge in [-0.1, -0.05) is 35.9 Å². The maximum atomic E-state index is 12.6. The summed E-state index contributed by atoms with van der Waals surface area (Å²) in [6, 6.07) is 15.8. The van der Waals surface area contributed by atoms with E-state index in [4.69, 9.17) is 0 Å². The summed E-state index contributed by atoms with van der Waals surface area (Å²) in [6.07, 6.45) is 1.23. The minimum Gasteiger partial charge on any atom is -0.339 e. The van der Waals surface area contributed by atoms with E-state index in [2.05, 4.69) is 4.72 Å². The van der Waals surface area contributed by atoms with Gasteiger partial charge in [-0.05, 0) is 44.0 Å². The molecule has 0 spiro atoms. The van der Waals surface area contributed by atoms with Crippen molar-refractivity contribution in [3.05, 3.63) is 65.7 Å². The third kappa shape index (κ3) is 4.27. The highest BCUT2D eigenvalue weighted by Crippen LogP contribution is 2.17. The predicted octanol–water partition coefficient (Wildman–Crippen LogP) is 2.58. The van der Waals surface area contributed by atoms with Crippen molar-refractivity contribution < 1.29 is 13.2 Å². The van der Waals surface area contributed by atoms with E-state index in [-0.39, 0.29) is 16.8 Å². The highest BCUT2D eigenvalue weighted by Gasteiger charge is 2.27. The van der Waals surface area contributed by atoms with Gasteiger partial charge in [-0.3, -0.25) is 4.79 Å². The summed E-state index contributed by atoms with van der Waals surface area (Å²) in [4.78, 5) is 14.6. The third-order valence-corrected chi connectivity index (χ3v) is 5.96. The Labute approximate surface area is 148 Å². The van der Waals surface area contributed by atoms with Crippen molar-refractivity contribution in [1.82, 2.24) is 9.62 Å². The number of carbonyl (C=O) groups is 1. The molecule has 0 saturated carbocycles. The molecule has 0 aliphatic carbocycles. The summed E-state index contributed by atoms with van der Waals surface area (Å²) in [7, 11) is -3.51. The molecule has 0 unspecified atom stereocenters. The zero-order valence-corrected chi connectivity index (χ0v) is 15.0. The van der Waals surface area contributed by atoms with E-state index in [0.717, 1.165) is 5.56 Å². The molecule has 0 atom stereocenters. The molecule has 2 aromatic rings. The first kappa shape index (κ1) is 17.6. The lowest BCUT2D eigenvalue weighted by molar-refractivity contribution is 0.0711. The Balaban J connectivity index is 1.60. The van der Waals surface area contributed by atoms with Gasteiger partial charge in [-0.2, -0.15) is 0 Å². The zero-order valence-electron chi connectivity index (χ0n) is 14.2. The second-order valence-corrected chi connectivity index (χ2v) is 8.08. The van der Waals surface area contributed by atoms with Crippen LogP contribution in [-0.2, 0) is 10.0 Å². The van der Waals surface area contributed by atoms with Gasteiger partial charge in [0.15, 0.2) is 0 Å². The third-order valence-electron chi connectivity index (χ3n) is 4.42. The quantitative estimate of drug-likeness (QED) is 0.913. The average Bonchev–Trinajstić information content (AvgIpc) is 2.62. The van der Waals surface area contributed by atoms with Crippen LogP contribution >= 0.6 is 0 Å². The molecule has 1 fully saturated rings. The summed E-state index contributed by atoms with van der Waals surface area (Å²) >= 11 is 0.